The molecule has 3 fully saturated rings. The highest BCUT2D eigenvalue weighted by Gasteiger charge is 2.66. The average Bonchev–Trinajstić information content (AvgIpc) is 3.12. The van der Waals surface area contributed by atoms with E-state index in [2.05, 4.69) is 0 Å². The fourth-order valence-electron chi connectivity index (χ4n) is 4.50. The average molecular weight is 398 g/mol. The number of Topliss-reactive ketones (excluding diaryl/α,β-unsaturated/α-hetero) is 1. The number of epoxide rings is 1. The van der Waals surface area contributed by atoms with E-state index in [4.69, 9.17) is 18.9 Å². The zero-order chi connectivity index (χ0) is 20.9. The Balaban J connectivity index is 2.04. The number of carbonyl (C=O) groups is 4. The predicted octanol–water partition coefficient (Wildman–Crippen LogP) is 0.301. The lowest BCUT2D eigenvalue weighted by Crippen LogP contribution is -2.50. The third-order valence-corrected chi connectivity index (χ3v) is 5.98. The SMILES string of the molecule is CC(=O)O[C@H]1C[C@@](C)(OC(C)=O)C(=O)CC[C@@]2(C)O[C@@H]2[C@H]2OC(=O)[C@@H](CO)[C@@H]21. The van der Waals surface area contributed by atoms with Crippen molar-refractivity contribution in [3.05, 3.63) is 0 Å². The number of aliphatic hydroxyl groups is 1. The summed E-state index contributed by atoms with van der Waals surface area (Å²) in [6, 6.07) is 0. The van der Waals surface area contributed by atoms with Crippen LogP contribution < -0.4 is 0 Å². The molecule has 1 saturated carbocycles. The second-order valence-corrected chi connectivity index (χ2v) is 8.22. The summed E-state index contributed by atoms with van der Waals surface area (Å²) in [7, 11) is 0. The van der Waals surface area contributed by atoms with Gasteiger partial charge in [0.1, 0.15) is 18.3 Å². The van der Waals surface area contributed by atoms with Crippen molar-refractivity contribution < 1.29 is 43.2 Å². The Morgan fingerprint density at radius 3 is 2.46 bits per heavy atom. The summed E-state index contributed by atoms with van der Waals surface area (Å²) >= 11 is 0. The maximum Gasteiger partial charge on any atom is 0.312 e. The van der Waals surface area contributed by atoms with Crippen LogP contribution in [0.15, 0.2) is 0 Å². The lowest BCUT2D eigenvalue weighted by Gasteiger charge is -2.36. The Hall–Kier alpha value is -2.00. The van der Waals surface area contributed by atoms with Crippen LogP contribution in [0.4, 0.5) is 0 Å². The molecule has 0 radical (unpaired) electrons. The van der Waals surface area contributed by atoms with Gasteiger partial charge in [-0.3, -0.25) is 19.2 Å². The largest absolute Gasteiger partial charge is 0.462 e. The van der Waals surface area contributed by atoms with Crippen molar-refractivity contribution in [1.29, 1.82) is 0 Å². The predicted molar refractivity (Wildman–Crippen MR) is 91.8 cm³/mol. The molecule has 1 N–H and O–H groups in total. The lowest BCUT2D eigenvalue weighted by molar-refractivity contribution is -0.173. The van der Waals surface area contributed by atoms with Crippen molar-refractivity contribution in [3.8, 4) is 0 Å². The van der Waals surface area contributed by atoms with Gasteiger partial charge >= 0.3 is 17.9 Å². The molecule has 156 valence electrons. The molecule has 2 aliphatic heterocycles. The molecule has 0 aromatic rings. The smallest absolute Gasteiger partial charge is 0.312 e. The standard InChI is InChI=1S/C19H26O9/c1-9(21)25-12-7-19(4,27-10(2)22)13(23)5-6-18(3)16(28-18)15-14(12)11(8-20)17(24)26-15/h11-12,14-16,20H,5-8H2,1-4H3/t11-,12-,14+,15-,16+,18+,19+/m0/s1. The molecule has 28 heavy (non-hydrogen) atoms. The topological polar surface area (TPSA) is 129 Å². The maximum absolute atomic E-state index is 12.9. The Kier molecular flexibility index (Phi) is 5.26. The number of carbonyl (C=O) groups excluding carboxylic acids is 4. The number of ether oxygens (including phenoxy) is 4. The van der Waals surface area contributed by atoms with Crippen LogP contribution in [0.1, 0.15) is 47.0 Å². The van der Waals surface area contributed by atoms with Crippen LogP contribution in [0.5, 0.6) is 0 Å². The molecule has 9 heteroatoms. The van der Waals surface area contributed by atoms with Crippen LogP contribution in [-0.2, 0) is 38.1 Å². The molecule has 0 unspecified atom stereocenters. The van der Waals surface area contributed by atoms with E-state index in [0.717, 1.165) is 0 Å². The monoisotopic (exact) mass is 398 g/mol. The molecule has 2 saturated heterocycles. The Bertz CT molecular complexity index is 704. The first-order valence-electron chi connectivity index (χ1n) is 9.40. The van der Waals surface area contributed by atoms with Gasteiger partial charge in [-0.1, -0.05) is 0 Å². The number of hydrogen-bond donors (Lipinski definition) is 1. The van der Waals surface area contributed by atoms with Gasteiger partial charge in [0.25, 0.3) is 0 Å². The molecule has 3 aliphatic rings. The molecule has 3 rings (SSSR count). The van der Waals surface area contributed by atoms with Gasteiger partial charge in [-0.2, -0.15) is 0 Å². The van der Waals surface area contributed by atoms with Gasteiger partial charge in [-0.15, -0.1) is 0 Å². The molecule has 0 amide bonds. The normalized spacial score (nSPS) is 42.7. The highest BCUT2D eigenvalue weighted by Crippen LogP contribution is 2.51. The number of ketones is 1. The molecule has 0 aromatic carbocycles. The minimum atomic E-state index is -1.54. The second kappa shape index (κ2) is 7.11. The van der Waals surface area contributed by atoms with Gasteiger partial charge < -0.3 is 24.1 Å². The minimum Gasteiger partial charge on any atom is -0.462 e. The molecular weight excluding hydrogens is 372 g/mol. The molecule has 1 aliphatic carbocycles. The first kappa shape index (κ1) is 20.7. The zero-order valence-electron chi connectivity index (χ0n) is 16.4. The number of hydrogen-bond acceptors (Lipinski definition) is 9. The van der Waals surface area contributed by atoms with E-state index < -0.39 is 65.9 Å². The molecular formula is C19H26O9. The third-order valence-electron chi connectivity index (χ3n) is 5.98. The number of fused-ring (bicyclic) bond motifs is 3. The quantitative estimate of drug-likeness (QED) is 0.405. The van der Waals surface area contributed by atoms with Gasteiger partial charge in [0.05, 0.1) is 24.0 Å². The van der Waals surface area contributed by atoms with Gasteiger partial charge in [-0.25, -0.2) is 0 Å². The molecule has 9 nitrogen and oxygen atoms in total. The zero-order valence-corrected chi connectivity index (χ0v) is 16.4. The summed E-state index contributed by atoms with van der Waals surface area (Å²) in [5.41, 5.74) is -2.22. The third kappa shape index (κ3) is 3.65. The van der Waals surface area contributed by atoms with Gasteiger partial charge in [-0.05, 0) is 20.3 Å². The minimum absolute atomic E-state index is 0.0956. The molecule has 0 bridgehead atoms. The van der Waals surface area contributed by atoms with Crippen molar-refractivity contribution >= 4 is 23.7 Å². The maximum atomic E-state index is 12.9. The first-order chi connectivity index (χ1) is 13.0. The summed E-state index contributed by atoms with van der Waals surface area (Å²) in [5.74, 6) is -3.84. The van der Waals surface area contributed by atoms with E-state index >= 15 is 0 Å². The lowest BCUT2D eigenvalue weighted by atomic mass is 9.75. The second-order valence-electron chi connectivity index (χ2n) is 8.22. The fraction of sp³-hybridized carbons (Fsp3) is 0.789. The molecule has 7 atom stereocenters. The molecule has 2 heterocycles. The number of rotatable bonds is 3. The first-order valence-corrected chi connectivity index (χ1v) is 9.40. The van der Waals surface area contributed by atoms with E-state index in [-0.39, 0.29) is 18.6 Å². The molecule has 0 spiro atoms. The Morgan fingerprint density at radius 1 is 1.21 bits per heavy atom. The van der Waals surface area contributed by atoms with Crippen LogP contribution >= 0.6 is 0 Å². The van der Waals surface area contributed by atoms with Gasteiger partial charge in [0.15, 0.2) is 11.4 Å². The summed E-state index contributed by atoms with van der Waals surface area (Å²) < 4.78 is 22.1. The summed E-state index contributed by atoms with van der Waals surface area (Å²) in [6.07, 6.45) is -1.83. The summed E-state index contributed by atoms with van der Waals surface area (Å²) in [6.45, 7) is 5.19. The van der Waals surface area contributed by atoms with E-state index in [9.17, 15) is 24.3 Å². The number of aliphatic hydroxyl groups excluding tert-OH is 1. The van der Waals surface area contributed by atoms with Gasteiger partial charge in [0.2, 0.25) is 0 Å². The van der Waals surface area contributed by atoms with E-state index in [1.807, 2.05) is 6.92 Å². The van der Waals surface area contributed by atoms with Crippen LogP contribution in [0.2, 0.25) is 0 Å². The van der Waals surface area contributed by atoms with Crippen molar-refractivity contribution in [1.82, 2.24) is 0 Å². The van der Waals surface area contributed by atoms with E-state index in [0.29, 0.717) is 6.42 Å². The van der Waals surface area contributed by atoms with Crippen LogP contribution in [0, 0.1) is 11.8 Å². The van der Waals surface area contributed by atoms with Crippen LogP contribution in [-0.4, -0.2) is 64.9 Å². The Labute approximate surface area is 162 Å². The highest BCUT2D eigenvalue weighted by atomic mass is 16.7. The van der Waals surface area contributed by atoms with Crippen LogP contribution in [0.25, 0.3) is 0 Å². The molecule has 0 aromatic heterocycles. The van der Waals surface area contributed by atoms with Gasteiger partial charge in [0, 0.05) is 26.7 Å². The number of esters is 3. The van der Waals surface area contributed by atoms with Crippen molar-refractivity contribution in [2.45, 2.75) is 76.5 Å². The summed E-state index contributed by atoms with van der Waals surface area (Å²) in [5, 5.41) is 9.77. The highest BCUT2D eigenvalue weighted by molar-refractivity contribution is 5.89. The van der Waals surface area contributed by atoms with Crippen LogP contribution in [0.3, 0.4) is 0 Å². The Morgan fingerprint density at radius 2 is 1.89 bits per heavy atom. The van der Waals surface area contributed by atoms with Crippen molar-refractivity contribution in [2.24, 2.45) is 11.8 Å². The van der Waals surface area contributed by atoms with E-state index in [1.165, 1.54) is 20.8 Å². The fourth-order valence-corrected chi connectivity index (χ4v) is 4.50. The summed E-state index contributed by atoms with van der Waals surface area (Å²) in [4.78, 5) is 48.7. The van der Waals surface area contributed by atoms with E-state index in [1.54, 1.807) is 0 Å². The van der Waals surface area contributed by atoms with Crippen molar-refractivity contribution in [3.63, 3.8) is 0 Å². The van der Waals surface area contributed by atoms with Crippen molar-refractivity contribution in [2.75, 3.05) is 6.61 Å².